The molecule has 2 aromatic rings. The third-order valence-corrected chi connectivity index (χ3v) is 7.44. The summed E-state index contributed by atoms with van der Waals surface area (Å²) in [6.07, 6.45) is 6.50. The zero-order valence-electron chi connectivity index (χ0n) is 16.4. The first-order chi connectivity index (χ1) is 13.8. The molecule has 2 heterocycles. The number of aliphatic hydroxyl groups is 1. The number of allylic oxidation sites excluding steroid dienone is 3. The van der Waals surface area contributed by atoms with Crippen molar-refractivity contribution in [3.8, 4) is 0 Å². The maximum atomic E-state index is 13.0. The fourth-order valence-corrected chi connectivity index (χ4v) is 5.63. The van der Waals surface area contributed by atoms with E-state index in [-0.39, 0.29) is 16.9 Å². The number of nitrogens with one attached hydrogen (secondary N) is 1. The van der Waals surface area contributed by atoms with Crippen molar-refractivity contribution < 1.29 is 9.90 Å². The molecule has 1 spiro atoms. The highest BCUT2D eigenvalue weighted by molar-refractivity contribution is 7.99. The third kappa shape index (κ3) is 2.45. The summed E-state index contributed by atoms with van der Waals surface area (Å²) in [5, 5.41) is 11.4. The molecule has 2 aromatic heterocycles. The Bertz CT molecular complexity index is 1250. The van der Waals surface area contributed by atoms with Crippen LogP contribution in [0.3, 0.4) is 0 Å². The van der Waals surface area contributed by atoms with Crippen LogP contribution in [0.15, 0.2) is 56.3 Å². The number of aromatic amines is 1. The van der Waals surface area contributed by atoms with Crippen LogP contribution >= 0.6 is 11.8 Å². The lowest BCUT2D eigenvalue weighted by molar-refractivity contribution is -0.137. The van der Waals surface area contributed by atoms with E-state index in [0.29, 0.717) is 22.1 Å². The molecule has 0 saturated heterocycles. The number of aromatic nitrogens is 4. The summed E-state index contributed by atoms with van der Waals surface area (Å²) in [4.78, 5) is 40.5. The molecular weight excluding hydrogens is 388 g/mol. The van der Waals surface area contributed by atoms with Crippen LogP contribution in [0, 0.1) is 5.41 Å². The average molecular weight is 408 g/mol. The fraction of sp³-hybridized carbons (Fsp3) is 0.381. The van der Waals surface area contributed by atoms with Gasteiger partial charge in [0.25, 0.3) is 5.56 Å². The minimum atomic E-state index is -1.35. The first kappa shape index (κ1) is 18.4. The van der Waals surface area contributed by atoms with Gasteiger partial charge in [-0.3, -0.25) is 14.6 Å². The lowest BCUT2D eigenvalue weighted by atomic mass is 9.67. The second-order valence-corrected chi connectivity index (χ2v) is 9.06. The van der Waals surface area contributed by atoms with E-state index in [9.17, 15) is 14.7 Å². The van der Waals surface area contributed by atoms with E-state index in [1.54, 1.807) is 6.92 Å². The Labute approximate surface area is 171 Å². The summed E-state index contributed by atoms with van der Waals surface area (Å²) in [6, 6.07) is 0. The van der Waals surface area contributed by atoms with Crippen molar-refractivity contribution in [3.05, 3.63) is 56.7 Å². The minimum Gasteiger partial charge on any atom is -0.381 e. The lowest BCUT2D eigenvalue weighted by Gasteiger charge is -2.39. The molecule has 7 nitrogen and oxygen atoms in total. The summed E-state index contributed by atoms with van der Waals surface area (Å²) in [6.45, 7) is 5.66. The highest BCUT2D eigenvalue weighted by atomic mass is 32.2. The van der Waals surface area contributed by atoms with Gasteiger partial charge in [-0.1, -0.05) is 17.3 Å². The first-order valence-corrected chi connectivity index (χ1v) is 10.5. The van der Waals surface area contributed by atoms with E-state index >= 15 is 0 Å². The van der Waals surface area contributed by atoms with Gasteiger partial charge >= 0.3 is 0 Å². The SMILES string of the molecule is CC1=C(CSc2nc3nccnc3c(=O)[nH]2)C2=C(C)C3(CC3)[C@@](C)(O)C(=O)C2=C1. The molecule has 5 rings (SSSR count). The van der Waals surface area contributed by atoms with Gasteiger partial charge in [0.05, 0.1) is 0 Å². The molecule has 0 bridgehead atoms. The molecule has 3 aliphatic rings. The van der Waals surface area contributed by atoms with Gasteiger partial charge in [0, 0.05) is 29.1 Å². The highest BCUT2D eigenvalue weighted by Gasteiger charge is 2.65. The van der Waals surface area contributed by atoms with Crippen molar-refractivity contribution in [3.63, 3.8) is 0 Å². The van der Waals surface area contributed by atoms with E-state index in [4.69, 9.17) is 0 Å². The fourth-order valence-electron chi connectivity index (χ4n) is 4.66. The van der Waals surface area contributed by atoms with E-state index < -0.39 is 11.0 Å². The molecule has 2 N–H and O–H groups in total. The second kappa shape index (κ2) is 5.96. The van der Waals surface area contributed by atoms with Gasteiger partial charge < -0.3 is 5.11 Å². The molecule has 1 atom stereocenters. The van der Waals surface area contributed by atoms with Crippen LogP contribution in [-0.2, 0) is 4.79 Å². The normalized spacial score (nSPS) is 25.1. The summed E-state index contributed by atoms with van der Waals surface area (Å²) in [7, 11) is 0. The van der Waals surface area contributed by atoms with Crippen molar-refractivity contribution in [2.45, 2.75) is 44.4 Å². The van der Waals surface area contributed by atoms with Crippen molar-refractivity contribution >= 4 is 28.7 Å². The van der Waals surface area contributed by atoms with Crippen LogP contribution in [0.4, 0.5) is 0 Å². The average Bonchev–Trinajstić information content (AvgIpc) is 3.44. The van der Waals surface area contributed by atoms with E-state index in [2.05, 4.69) is 19.9 Å². The third-order valence-electron chi connectivity index (χ3n) is 6.54. The maximum absolute atomic E-state index is 13.0. The van der Waals surface area contributed by atoms with Crippen molar-refractivity contribution in [2.24, 2.45) is 5.41 Å². The Hall–Kier alpha value is -2.58. The van der Waals surface area contributed by atoms with Crippen LogP contribution in [0.1, 0.15) is 33.6 Å². The van der Waals surface area contributed by atoms with Gasteiger partial charge in [-0.25, -0.2) is 15.0 Å². The predicted molar refractivity (Wildman–Crippen MR) is 109 cm³/mol. The van der Waals surface area contributed by atoms with Gasteiger partial charge in [-0.05, 0) is 56.4 Å². The van der Waals surface area contributed by atoms with Crippen LogP contribution in [0.5, 0.6) is 0 Å². The molecule has 29 heavy (non-hydrogen) atoms. The zero-order valence-corrected chi connectivity index (χ0v) is 17.2. The van der Waals surface area contributed by atoms with Gasteiger partial charge in [-0.15, -0.1) is 0 Å². The quantitative estimate of drug-likeness (QED) is 0.593. The summed E-state index contributed by atoms with van der Waals surface area (Å²) >= 11 is 1.40. The molecule has 1 saturated carbocycles. The first-order valence-electron chi connectivity index (χ1n) is 9.51. The topological polar surface area (TPSA) is 109 Å². The molecule has 0 radical (unpaired) electrons. The smallest absolute Gasteiger partial charge is 0.279 e. The molecule has 3 aliphatic carbocycles. The number of hydrogen-bond acceptors (Lipinski definition) is 7. The van der Waals surface area contributed by atoms with Crippen LogP contribution in [-0.4, -0.2) is 42.2 Å². The van der Waals surface area contributed by atoms with Gasteiger partial charge in [0.1, 0.15) is 5.60 Å². The van der Waals surface area contributed by atoms with Crippen molar-refractivity contribution in [1.29, 1.82) is 0 Å². The molecule has 148 valence electrons. The Morgan fingerprint density at radius 3 is 2.66 bits per heavy atom. The molecule has 0 aliphatic heterocycles. The van der Waals surface area contributed by atoms with Crippen molar-refractivity contribution in [2.75, 3.05) is 5.75 Å². The number of ketones is 1. The number of carbonyl (C=O) groups excluding carboxylic acids is 1. The monoisotopic (exact) mass is 408 g/mol. The second-order valence-electron chi connectivity index (χ2n) is 8.09. The Balaban J connectivity index is 1.50. The molecular formula is C21H20N4O3S. The predicted octanol–water partition coefficient (Wildman–Crippen LogP) is 2.49. The molecule has 1 fully saturated rings. The van der Waals surface area contributed by atoms with E-state index in [1.807, 2.05) is 19.9 Å². The van der Waals surface area contributed by atoms with Crippen molar-refractivity contribution in [1.82, 2.24) is 19.9 Å². The minimum absolute atomic E-state index is 0.192. The molecule has 0 amide bonds. The summed E-state index contributed by atoms with van der Waals surface area (Å²) < 4.78 is 0. The standard InChI is InChI=1S/C21H20N4O3S/c1-10-8-12-14(11(2)21(4-5-21)20(3,28)16(12)26)13(10)9-29-19-24-17-15(18(27)25-19)22-6-7-23-17/h6-8,28H,4-5,9H2,1-3H3,(H,23,24,25,27)/t20-/m0/s1. The molecule has 0 aromatic carbocycles. The van der Waals surface area contributed by atoms with Gasteiger partial charge in [0.2, 0.25) is 0 Å². The van der Waals surface area contributed by atoms with E-state index in [0.717, 1.165) is 35.1 Å². The van der Waals surface area contributed by atoms with Crippen LogP contribution in [0.2, 0.25) is 0 Å². The number of Topliss-reactive ketones (excluding diaryl/α,β-unsaturated/α-hetero) is 1. The summed E-state index contributed by atoms with van der Waals surface area (Å²) in [5.74, 6) is 0.362. The number of H-pyrrole nitrogens is 1. The maximum Gasteiger partial charge on any atom is 0.279 e. The number of nitrogens with zero attached hydrogens (tertiary/aromatic N) is 3. The number of rotatable bonds is 3. The largest absolute Gasteiger partial charge is 0.381 e. The lowest BCUT2D eigenvalue weighted by Crippen LogP contribution is -2.49. The molecule has 8 heteroatoms. The number of carbonyl (C=O) groups is 1. The number of hydrogen-bond donors (Lipinski definition) is 2. The zero-order chi connectivity index (χ0) is 20.6. The Morgan fingerprint density at radius 2 is 1.93 bits per heavy atom. The number of thioether (sulfide) groups is 1. The van der Waals surface area contributed by atoms with Crippen LogP contribution in [0.25, 0.3) is 11.2 Å². The Morgan fingerprint density at radius 1 is 1.21 bits per heavy atom. The summed E-state index contributed by atoms with van der Waals surface area (Å²) in [5.41, 5.74) is 3.13. The van der Waals surface area contributed by atoms with E-state index in [1.165, 1.54) is 24.2 Å². The number of fused-ring (bicyclic) bond motifs is 2. The Kier molecular flexibility index (Phi) is 3.79. The van der Waals surface area contributed by atoms with Crippen LogP contribution < -0.4 is 5.56 Å². The van der Waals surface area contributed by atoms with Gasteiger partial charge in [-0.2, -0.15) is 0 Å². The highest BCUT2D eigenvalue weighted by Crippen LogP contribution is 2.65. The molecule has 0 unspecified atom stereocenters. The van der Waals surface area contributed by atoms with Gasteiger partial charge in [0.15, 0.2) is 22.1 Å².